The predicted octanol–water partition coefficient (Wildman–Crippen LogP) is 3.73. The van der Waals surface area contributed by atoms with E-state index in [1.165, 1.54) is 0 Å². The molecule has 0 bridgehead atoms. The molecule has 0 radical (unpaired) electrons. The quantitative estimate of drug-likeness (QED) is 0.799. The Kier molecular flexibility index (Phi) is 4.24. The van der Waals surface area contributed by atoms with E-state index in [-0.39, 0.29) is 11.9 Å². The number of amides is 1. The normalized spacial score (nSPS) is 11.9. The van der Waals surface area contributed by atoms with E-state index >= 15 is 0 Å². The Morgan fingerprint density at radius 3 is 2.83 bits per heavy atom. The van der Waals surface area contributed by atoms with Crippen LogP contribution in [0.3, 0.4) is 0 Å². The smallest absolute Gasteiger partial charge is 0.251 e. The highest BCUT2D eigenvalue weighted by molar-refractivity contribution is 5.98. The maximum atomic E-state index is 12.5. The summed E-state index contributed by atoms with van der Waals surface area (Å²) in [4.78, 5) is 16.7. The summed E-state index contributed by atoms with van der Waals surface area (Å²) < 4.78 is 5.22. The molecule has 3 aromatic rings. The molecule has 0 aliphatic rings. The molecule has 3 rings (SSSR count). The van der Waals surface area contributed by atoms with E-state index < -0.39 is 0 Å². The van der Waals surface area contributed by atoms with Gasteiger partial charge in [0.25, 0.3) is 5.91 Å². The highest BCUT2D eigenvalue weighted by atomic mass is 16.5. The van der Waals surface area contributed by atoms with E-state index in [2.05, 4.69) is 10.3 Å². The molecule has 4 nitrogen and oxygen atoms in total. The second kappa shape index (κ2) is 6.48. The van der Waals surface area contributed by atoms with Crippen molar-refractivity contribution in [1.82, 2.24) is 10.3 Å². The van der Waals surface area contributed by atoms with Gasteiger partial charge in [0.15, 0.2) is 0 Å². The Morgan fingerprint density at radius 1 is 1.13 bits per heavy atom. The van der Waals surface area contributed by atoms with Crippen LogP contribution >= 0.6 is 0 Å². The standard InChI is InChI=1S/C19H18N2O2/c1-13(14-5-3-7-17(12-14)23-2)21-19(22)16-8-9-18-15(11-16)6-4-10-20-18/h3-13H,1-2H3,(H,21,22). The van der Waals surface area contributed by atoms with Crippen LogP contribution in [0, 0.1) is 0 Å². The number of hydrogen-bond donors (Lipinski definition) is 1. The molecule has 1 unspecified atom stereocenters. The molecular formula is C19H18N2O2. The minimum atomic E-state index is -0.109. The van der Waals surface area contributed by atoms with E-state index in [1.54, 1.807) is 19.4 Å². The molecule has 1 aromatic heterocycles. The van der Waals surface area contributed by atoms with Crippen molar-refractivity contribution in [3.8, 4) is 5.75 Å². The van der Waals surface area contributed by atoms with Gasteiger partial charge >= 0.3 is 0 Å². The summed E-state index contributed by atoms with van der Waals surface area (Å²) in [5, 5.41) is 3.97. The average Bonchev–Trinajstić information content (AvgIpc) is 2.61. The van der Waals surface area contributed by atoms with Gasteiger partial charge in [0, 0.05) is 17.1 Å². The molecule has 4 heteroatoms. The monoisotopic (exact) mass is 306 g/mol. The number of methoxy groups -OCH3 is 1. The summed E-state index contributed by atoms with van der Waals surface area (Å²) in [6, 6.07) is 16.9. The van der Waals surface area contributed by atoms with Crippen LogP contribution in [0.5, 0.6) is 5.75 Å². The maximum absolute atomic E-state index is 12.5. The molecule has 116 valence electrons. The molecule has 0 saturated carbocycles. The lowest BCUT2D eigenvalue weighted by molar-refractivity contribution is 0.0940. The van der Waals surface area contributed by atoms with Crippen LogP contribution in [0.15, 0.2) is 60.8 Å². The fraction of sp³-hybridized carbons (Fsp3) is 0.158. The highest BCUT2D eigenvalue weighted by Crippen LogP contribution is 2.20. The van der Waals surface area contributed by atoms with Gasteiger partial charge in [0.1, 0.15) is 5.75 Å². The molecule has 1 atom stereocenters. The van der Waals surface area contributed by atoms with Crippen molar-refractivity contribution in [2.45, 2.75) is 13.0 Å². The van der Waals surface area contributed by atoms with E-state index in [9.17, 15) is 4.79 Å². The number of hydrogen-bond acceptors (Lipinski definition) is 3. The van der Waals surface area contributed by atoms with E-state index in [0.717, 1.165) is 22.2 Å². The van der Waals surface area contributed by atoms with Crippen LogP contribution in [-0.4, -0.2) is 18.0 Å². The van der Waals surface area contributed by atoms with E-state index in [4.69, 9.17) is 4.74 Å². The van der Waals surface area contributed by atoms with Gasteiger partial charge in [-0.1, -0.05) is 18.2 Å². The number of ether oxygens (including phenoxy) is 1. The summed E-state index contributed by atoms with van der Waals surface area (Å²) in [7, 11) is 1.63. The zero-order valence-corrected chi connectivity index (χ0v) is 13.1. The van der Waals surface area contributed by atoms with Crippen molar-refractivity contribution >= 4 is 16.8 Å². The first-order chi connectivity index (χ1) is 11.2. The SMILES string of the molecule is COc1cccc(C(C)NC(=O)c2ccc3ncccc3c2)c1. The Labute approximate surface area is 135 Å². The van der Waals surface area contributed by atoms with Crippen molar-refractivity contribution in [3.63, 3.8) is 0 Å². The van der Waals surface area contributed by atoms with Gasteiger partial charge in [0.2, 0.25) is 0 Å². The molecule has 1 heterocycles. The van der Waals surface area contributed by atoms with Gasteiger partial charge < -0.3 is 10.1 Å². The number of aromatic nitrogens is 1. The number of benzene rings is 2. The molecule has 1 N–H and O–H groups in total. The van der Waals surface area contributed by atoms with Crippen LogP contribution in [0.25, 0.3) is 10.9 Å². The Morgan fingerprint density at radius 2 is 2.00 bits per heavy atom. The summed E-state index contributed by atoms with van der Waals surface area (Å²) >= 11 is 0. The number of carbonyl (C=O) groups is 1. The number of nitrogens with one attached hydrogen (secondary N) is 1. The highest BCUT2D eigenvalue weighted by Gasteiger charge is 2.12. The third-order valence-corrected chi connectivity index (χ3v) is 3.81. The molecule has 2 aromatic carbocycles. The van der Waals surface area contributed by atoms with Crippen LogP contribution in [0.1, 0.15) is 28.9 Å². The number of carbonyl (C=O) groups excluding carboxylic acids is 1. The lowest BCUT2D eigenvalue weighted by Crippen LogP contribution is -2.26. The fourth-order valence-electron chi connectivity index (χ4n) is 2.49. The van der Waals surface area contributed by atoms with Gasteiger partial charge in [-0.2, -0.15) is 0 Å². The first kappa shape index (κ1) is 15.0. The lowest BCUT2D eigenvalue weighted by atomic mass is 10.1. The van der Waals surface area contributed by atoms with E-state index in [0.29, 0.717) is 5.56 Å². The Hall–Kier alpha value is -2.88. The predicted molar refractivity (Wildman–Crippen MR) is 90.6 cm³/mol. The summed E-state index contributed by atoms with van der Waals surface area (Å²) in [5.74, 6) is 0.673. The second-order valence-electron chi connectivity index (χ2n) is 5.38. The van der Waals surface area contributed by atoms with Gasteiger partial charge in [-0.05, 0) is 48.9 Å². The minimum Gasteiger partial charge on any atom is -0.497 e. The Bertz CT molecular complexity index is 845. The molecule has 0 fully saturated rings. The van der Waals surface area contributed by atoms with Crippen molar-refractivity contribution in [2.24, 2.45) is 0 Å². The molecule has 1 amide bonds. The zero-order chi connectivity index (χ0) is 16.2. The number of pyridine rings is 1. The average molecular weight is 306 g/mol. The van der Waals surface area contributed by atoms with Gasteiger partial charge in [-0.3, -0.25) is 9.78 Å². The topological polar surface area (TPSA) is 51.2 Å². The first-order valence-corrected chi connectivity index (χ1v) is 7.47. The molecule has 23 heavy (non-hydrogen) atoms. The van der Waals surface area contributed by atoms with Crippen molar-refractivity contribution < 1.29 is 9.53 Å². The van der Waals surface area contributed by atoms with Gasteiger partial charge in [0.05, 0.1) is 18.7 Å². The van der Waals surface area contributed by atoms with Gasteiger partial charge in [-0.15, -0.1) is 0 Å². The fourth-order valence-corrected chi connectivity index (χ4v) is 2.49. The number of rotatable bonds is 4. The van der Waals surface area contributed by atoms with Crippen LogP contribution in [0.4, 0.5) is 0 Å². The largest absolute Gasteiger partial charge is 0.497 e. The van der Waals surface area contributed by atoms with Crippen molar-refractivity contribution in [1.29, 1.82) is 0 Å². The van der Waals surface area contributed by atoms with Crippen LogP contribution in [-0.2, 0) is 0 Å². The number of fused-ring (bicyclic) bond motifs is 1. The molecule has 0 aliphatic carbocycles. The molecule has 0 spiro atoms. The second-order valence-corrected chi connectivity index (χ2v) is 5.38. The molecule has 0 aliphatic heterocycles. The number of nitrogens with zero attached hydrogens (tertiary/aromatic N) is 1. The van der Waals surface area contributed by atoms with Crippen molar-refractivity contribution in [3.05, 3.63) is 71.9 Å². The molecular weight excluding hydrogens is 288 g/mol. The van der Waals surface area contributed by atoms with Gasteiger partial charge in [-0.25, -0.2) is 0 Å². The van der Waals surface area contributed by atoms with Crippen molar-refractivity contribution in [2.75, 3.05) is 7.11 Å². The van der Waals surface area contributed by atoms with Crippen LogP contribution < -0.4 is 10.1 Å². The van der Waals surface area contributed by atoms with Crippen LogP contribution in [0.2, 0.25) is 0 Å². The van der Waals surface area contributed by atoms with E-state index in [1.807, 2.05) is 55.5 Å². The summed E-state index contributed by atoms with van der Waals surface area (Å²) in [5.41, 5.74) is 2.50. The summed E-state index contributed by atoms with van der Waals surface area (Å²) in [6.45, 7) is 1.95. The Balaban J connectivity index is 1.79. The zero-order valence-electron chi connectivity index (χ0n) is 13.1. The third kappa shape index (κ3) is 3.31. The third-order valence-electron chi connectivity index (χ3n) is 3.81. The minimum absolute atomic E-state index is 0.105. The first-order valence-electron chi connectivity index (χ1n) is 7.47. The summed E-state index contributed by atoms with van der Waals surface area (Å²) in [6.07, 6.45) is 1.74. The maximum Gasteiger partial charge on any atom is 0.251 e. The lowest BCUT2D eigenvalue weighted by Gasteiger charge is -2.15. The molecule has 0 saturated heterocycles.